The molecule has 4 nitrogen and oxygen atoms in total. The minimum Gasteiger partial charge on any atom is -0.475 e. The zero-order valence-corrected chi connectivity index (χ0v) is 7.06. The SMILES string of the molecule is Cn1c(C(=O)O)nc2ccccc21. The zero-order valence-electron chi connectivity index (χ0n) is 7.06. The first kappa shape index (κ1) is 7.79. The highest BCUT2D eigenvalue weighted by Gasteiger charge is 2.12. The second-order valence-corrected chi connectivity index (χ2v) is 2.79. The van der Waals surface area contributed by atoms with Gasteiger partial charge in [0.15, 0.2) is 0 Å². The van der Waals surface area contributed by atoms with Gasteiger partial charge >= 0.3 is 5.97 Å². The largest absolute Gasteiger partial charge is 0.475 e. The van der Waals surface area contributed by atoms with Crippen LogP contribution in [0.5, 0.6) is 0 Å². The van der Waals surface area contributed by atoms with Crippen molar-refractivity contribution in [2.45, 2.75) is 0 Å². The van der Waals surface area contributed by atoms with Crippen molar-refractivity contribution in [2.75, 3.05) is 0 Å². The molecule has 0 fully saturated rings. The number of nitrogens with zero attached hydrogens (tertiary/aromatic N) is 2. The second kappa shape index (κ2) is 2.58. The van der Waals surface area contributed by atoms with E-state index in [1.165, 1.54) is 0 Å². The Bertz CT molecular complexity index is 473. The molecule has 0 atom stereocenters. The molecule has 0 saturated heterocycles. The van der Waals surface area contributed by atoms with E-state index in [1.54, 1.807) is 17.7 Å². The van der Waals surface area contributed by atoms with E-state index >= 15 is 0 Å². The van der Waals surface area contributed by atoms with E-state index in [1.807, 2.05) is 18.2 Å². The molecule has 0 amide bonds. The molecule has 0 spiro atoms. The number of carboxylic acid groups (broad SMARTS) is 1. The summed E-state index contributed by atoms with van der Waals surface area (Å²) in [5, 5.41) is 8.78. The van der Waals surface area contributed by atoms with Crippen LogP contribution in [0, 0.1) is 0 Å². The van der Waals surface area contributed by atoms with E-state index in [-0.39, 0.29) is 5.82 Å². The average Bonchev–Trinajstić information content (AvgIpc) is 2.45. The fraction of sp³-hybridized carbons (Fsp3) is 0.111. The molecule has 1 N–H and O–H groups in total. The minimum absolute atomic E-state index is 0.0706. The molecule has 0 radical (unpaired) electrons. The lowest BCUT2D eigenvalue weighted by molar-refractivity contribution is 0.0680. The lowest BCUT2D eigenvalue weighted by Crippen LogP contribution is -2.05. The molecule has 0 aliphatic carbocycles. The van der Waals surface area contributed by atoms with E-state index in [2.05, 4.69) is 4.98 Å². The van der Waals surface area contributed by atoms with Gasteiger partial charge in [0.2, 0.25) is 5.82 Å². The Morgan fingerprint density at radius 3 is 2.77 bits per heavy atom. The van der Waals surface area contributed by atoms with E-state index in [0.717, 1.165) is 5.52 Å². The summed E-state index contributed by atoms with van der Waals surface area (Å²) >= 11 is 0. The van der Waals surface area contributed by atoms with E-state index in [0.29, 0.717) is 5.52 Å². The quantitative estimate of drug-likeness (QED) is 0.711. The predicted octanol–water partition coefficient (Wildman–Crippen LogP) is 1.27. The molecule has 2 aromatic rings. The number of carboxylic acids is 1. The lowest BCUT2D eigenvalue weighted by Gasteiger charge is -1.95. The Morgan fingerprint density at radius 1 is 1.46 bits per heavy atom. The average molecular weight is 176 g/mol. The number of benzene rings is 1. The molecule has 66 valence electrons. The van der Waals surface area contributed by atoms with Crippen LogP contribution in [0.1, 0.15) is 10.6 Å². The molecular weight excluding hydrogens is 168 g/mol. The number of imidazole rings is 1. The van der Waals surface area contributed by atoms with Gasteiger partial charge in [-0.05, 0) is 12.1 Å². The Morgan fingerprint density at radius 2 is 2.15 bits per heavy atom. The zero-order chi connectivity index (χ0) is 9.42. The molecular formula is C9H8N2O2. The number of aromatic nitrogens is 2. The van der Waals surface area contributed by atoms with Crippen molar-refractivity contribution in [2.24, 2.45) is 7.05 Å². The summed E-state index contributed by atoms with van der Waals surface area (Å²) in [6.45, 7) is 0. The number of aryl methyl sites for hydroxylation is 1. The van der Waals surface area contributed by atoms with Crippen molar-refractivity contribution in [1.82, 2.24) is 9.55 Å². The molecule has 0 aliphatic rings. The summed E-state index contributed by atoms with van der Waals surface area (Å²) in [5.41, 5.74) is 1.54. The number of carbonyl (C=O) groups is 1. The van der Waals surface area contributed by atoms with E-state index in [9.17, 15) is 4.79 Å². The van der Waals surface area contributed by atoms with Crippen molar-refractivity contribution >= 4 is 17.0 Å². The van der Waals surface area contributed by atoms with Gasteiger partial charge in [0, 0.05) is 7.05 Å². The molecule has 1 heterocycles. The number of rotatable bonds is 1. The number of fused-ring (bicyclic) bond motifs is 1. The van der Waals surface area contributed by atoms with Crippen LogP contribution in [0.4, 0.5) is 0 Å². The molecule has 2 rings (SSSR count). The highest BCUT2D eigenvalue weighted by molar-refractivity contribution is 5.89. The summed E-state index contributed by atoms with van der Waals surface area (Å²) in [5.74, 6) is -0.931. The first-order valence-corrected chi connectivity index (χ1v) is 3.85. The second-order valence-electron chi connectivity index (χ2n) is 2.79. The molecule has 1 aromatic heterocycles. The van der Waals surface area contributed by atoms with Gasteiger partial charge in [-0.1, -0.05) is 12.1 Å². The maximum Gasteiger partial charge on any atom is 0.372 e. The Kier molecular flexibility index (Phi) is 1.55. The first-order chi connectivity index (χ1) is 6.20. The van der Waals surface area contributed by atoms with Crippen molar-refractivity contribution < 1.29 is 9.90 Å². The maximum absolute atomic E-state index is 10.7. The predicted molar refractivity (Wildman–Crippen MR) is 47.7 cm³/mol. The molecule has 0 bridgehead atoms. The van der Waals surface area contributed by atoms with Crippen LogP contribution in [-0.4, -0.2) is 20.6 Å². The van der Waals surface area contributed by atoms with Gasteiger partial charge < -0.3 is 9.67 Å². The molecule has 0 saturated carbocycles. The van der Waals surface area contributed by atoms with E-state index in [4.69, 9.17) is 5.11 Å². The number of aromatic carboxylic acids is 1. The van der Waals surface area contributed by atoms with Crippen LogP contribution in [0.2, 0.25) is 0 Å². The summed E-state index contributed by atoms with van der Waals surface area (Å²) in [7, 11) is 1.69. The minimum atomic E-state index is -1.00. The van der Waals surface area contributed by atoms with Crippen LogP contribution in [0.25, 0.3) is 11.0 Å². The third kappa shape index (κ3) is 1.07. The standard InChI is InChI=1S/C9H8N2O2/c1-11-7-5-3-2-4-6(7)10-8(11)9(12)13/h2-5H,1H3,(H,12,13). The summed E-state index contributed by atoms with van der Waals surface area (Å²) in [6, 6.07) is 7.33. The Hall–Kier alpha value is -1.84. The molecule has 0 unspecified atom stereocenters. The number of hydrogen-bond acceptors (Lipinski definition) is 2. The van der Waals surface area contributed by atoms with Crippen molar-refractivity contribution in [3.63, 3.8) is 0 Å². The summed E-state index contributed by atoms with van der Waals surface area (Å²) in [6.07, 6.45) is 0. The maximum atomic E-state index is 10.7. The van der Waals surface area contributed by atoms with Gasteiger partial charge in [-0.15, -0.1) is 0 Å². The normalized spacial score (nSPS) is 10.5. The highest BCUT2D eigenvalue weighted by Crippen LogP contribution is 2.13. The Balaban J connectivity index is 2.81. The van der Waals surface area contributed by atoms with Gasteiger partial charge in [0.05, 0.1) is 11.0 Å². The topological polar surface area (TPSA) is 55.1 Å². The van der Waals surface area contributed by atoms with Gasteiger partial charge in [-0.3, -0.25) is 0 Å². The van der Waals surface area contributed by atoms with Gasteiger partial charge in [0.25, 0.3) is 0 Å². The van der Waals surface area contributed by atoms with Crippen LogP contribution in [-0.2, 0) is 7.05 Å². The number of hydrogen-bond donors (Lipinski definition) is 1. The molecule has 1 aromatic carbocycles. The van der Waals surface area contributed by atoms with Gasteiger partial charge in [-0.2, -0.15) is 0 Å². The third-order valence-electron chi connectivity index (χ3n) is 1.98. The number of para-hydroxylation sites is 2. The molecule has 4 heteroatoms. The van der Waals surface area contributed by atoms with E-state index < -0.39 is 5.97 Å². The van der Waals surface area contributed by atoms with Crippen LogP contribution < -0.4 is 0 Å². The smallest absolute Gasteiger partial charge is 0.372 e. The monoisotopic (exact) mass is 176 g/mol. The molecule has 13 heavy (non-hydrogen) atoms. The summed E-state index contributed by atoms with van der Waals surface area (Å²) < 4.78 is 1.57. The first-order valence-electron chi connectivity index (χ1n) is 3.85. The fourth-order valence-corrected chi connectivity index (χ4v) is 1.34. The van der Waals surface area contributed by atoms with Gasteiger partial charge in [0.1, 0.15) is 0 Å². The molecule has 0 aliphatic heterocycles. The van der Waals surface area contributed by atoms with Crippen LogP contribution in [0.3, 0.4) is 0 Å². The fourth-order valence-electron chi connectivity index (χ4n) is 1.34. The van der Waals surface area contributed by atoms with Crippen molar-refractivity contribution in [3.05, 3.63) is 30.1 Å². The summed E-state index contributed by atoms with van der Waals surface area (Å²) in [4.78, 5) is 14.7. The Labute approximate surface area is 74.4 Å². The van der Waals surface area contributed by atoms with Gasteiger partial charge in [-0.25, -0.2) is 9.78 Å². The van der Waals surface area contributed by atoms with Crippen LogP contribution >= 0.6 is 0 Å². The third-order valence-corrected chi connectivity index (χ3v) is 1.98. The van der Waals surface area contributed by atoms with Crippen molar-refractivity contribution in [1.29, 1.82) is 0 Å². The van der Waals surface area contributed by atoms with Crippen LogP contribution in [0.15, 0.2) is 24.3 Å². The lowest BCUT2D eigenvalue weighted by atomic mass is 10.3. The highest BCUT2D eigenvalue weighted by atomic mass is 16.4. The van der Waals surface area contributed by atoms with Crippen molar-refractivity contribution in [3.8, 4) is 0 Å².